The number of ether oxygens (including phenoxy) is 4. The highest BCUT2D eigenvalue weighted by Gasteiger charge is 2.33. The van der Waals surface area contributed by atoms with E-state index in [-0.39, 0.29) is 17.9 Å². The van der Waals surface area contributed by atoms with Crippen LogP contribution in [0.3, 0.4) is 0 Å². The molecule has 0 saturated carbocycles. The molecular weight excluding hydrogens is 427 g/mol. The fraction of sp³-hybridized carbons (Fsp3) is 0.435. The summed E-state index contributed by atoms with van der Waals surface area (Å²) in [5.74, 6) is 1.16. The summed E-state index contributed by atoms with van der Waals surface area (Å²) in [4.78, 5) is 14.1. The van der Waals surface area contributed by atoms with Gasteiger partial charge in [0.15, 0.2) is 0 Å². The van der Waals surface area contributed by atoms with Gasteiger partial charge in [0, 0.05) is 6.54 Å². The van der Waals surface area contributed by atoms with Crippen LogP contribution in [0.15, 0.2) is 48.5 Å². The predicted molar refractivity (Wildman–Crippen MR) is 111 cm³/mol. The fourth-order valence-electron chi connectivity index (χ4n) is 3.21. The topological polar surface area (TPSA) is 57.2 Å². The quantitative estimate of drug-likeness (QED) is 0.525. The number of nitrogens with zero attached hydrogens (tertiary/aromatic N) is 1. The van der Waals surface area contributed by atoms with Crippen molar-refractivity contribution in [2.75, 3.05) is 13.2 Å². The molecule has 0 spiro atoms. The number of amides is 1. The average molecular weight is 453 g/mol. The Bertz CT molecular complexity index is 892. The molecule has 1 aliphatic heterocycles. The second kappa shape index (κ2) is 9.58. The van der Waals surface area contributed by atoms with Gasteiger partial charge in [-0.25, -0.2) is 4.79 Å². The Kier molecular flexibility index (Phi) is 7.06. The SMILES string of the molecule is CC(C)(C)OC(=O)N1CCCC1COc1ccc(Oc2ccc(OC(F)(F)F)cc2)cc1. The summed E-state index contributed by atoms with van der Waals surface area (Å²) >= 11 is 0. The number of hydrogen-bond donors (Lipinski definition) is 0. The Morgan fingerprint density at radius 1 is 0.938 bits per heavy atom. The van der Waals surface area contributed by atoms with Crippen LogP contribution < -0.4 is 14.2 Å². The summed E-state index contributed by atoms with van der Waals surface area (Å²) in [6.07, 6.45) is -3.33. The van der Waals surface area contributed by atoms with Crippen LogP contribution in [0.4, 0.5) is 18.0 Å². The lowest BCUT2D eigenvalue weighted by atomic mass is 10.2. The number of hydrogen-bond acceptors (Lipinski definition) is 5. The number of benzene rings is 2. The lowest BCUT2D eigenvalue weighted by molar-refractivity contribution is -0.274. The summed E-state index contributed by atoms with van der Waals surface area (Å²) in [6, 6.07) is 11.9. The van der Waals surface area contributed by atoms with Crippen molar-refractivity contribution in [3.05, 3.63) is 48.5 Å². The molecule has 0 radical (unpaired) electrons. The maximum atomic E-state index is 12.4. The molecular formula is C23H26F3NO5. The van der Waals surface area contributed by atoms with Crippen molar-refractivity contribution in [3.63, 3.8) is 0 Å². The molecule has 1 unspecified atom stereocenters. The molecule has 2 aromatic rings. The molecule has 1 aliphatic rings. The number of rotatable bonds is 6. The van der Waals surface area contributed by atoms with Crippen LogP contribution in [0.1, 0.15) is 33.6 Å². The minimum absolute atomic E-state index is 0.0572. The van der Waals surface area contributed by atoms with E-state index in [1.54, 1.807) is 29.2 Å². The Morgan fingerprint density at radius 2 is 1.47 bits per heavy atom. The van der Waals surface area contributed by atoms with Gasteiger partial charge >= 0.3 is 12.5 Å². The monoisotopic (exact) mass is 453 g/mol. The summed E-state index contributed by atoms with van der Waals surface area (Å²) in [6.45, 7) is 6.49. The lowest BCUT2D eigenvalue weighted by Gasteiger charge is -2.28. The summed E-state index contributed by atoms with van der Waals surface area (Å²) in [7, 11) is 0. The highest BCUT2D eigenvalue weighted by atomic mass is 19.4. The van der Waals surface area contributed by atoms with Gasteiger partial charge in [-0.3, -0.25) is 0 Å². The van der Waals surface area contributed by atoms with Crippen LogP contribution in [-0.2, 0) is 4.74 Å². The molecule has 1 amide bonds. The Balaban J connectivity index is 1.51. The van der Waals surface area contributed by atoms with Crippen LogP contribution in [0, 0.1) is 0 Å². The molecule has 1 saturated heterocycles. The lowest BCUT2D eigenvalue weighted by Crippen LogP contribution is -2.42. The summed E-state index contributed by atoms with van der Waals surface area (Å²) in [5.41, 5.74) is -0.549. The highest BCUT2D eigenvalue weighted by molar-refractivity contribution is 5.69. The van der Waals surface area contributed by atoms with E-state index in [1.807, 2.05) is 20.8 Å². The Morgan fingerprint density at radius 3 is 2.00 bits per heavy atom. The van der Waals surface area contributed by atoms with Crippen LogP contribution >= 0.6 is 0 Å². The third-order valence-electron chi connectivity index (χ3n) is 4.56. The number of carbonyl (C=O) groups is 1. The maximum Gasteiger partial charge on any atom is 0.573 e. The smallest absolute Gasteiger partial charge is 0.491 e. The molecule has 0 bridgehead atoms. The third kappa shape index (κ3) is 7.25. The predicted octanol–water partition coefficient (Wildman–Crippen LogP) is 6.16. The largest absolute Gasteiger partial charge is 0.573 e. The van der Waals surface area contributed by atoms with Gasteiger partial charge in [0.2, 0.25) is 0 Å². The second-order valence-corrected chi connectivity index (χ2v) is 8.37. The number of halogens is 3. The maximum absolute atomic E-state index is 12.4. The zero-order valence-corrected chi connectivity index (χ0v) is 18.1. The van der Waals surface area contributed by atoms with Gasteiger partial charge in [0.25, 0.3) is 0 Å². The highest BCUT2D eigenvalue weighted by Crippen LogP contribution is 2.28. The first-order valence-electron chi connectivity index (χ1n) is 10.2. The first-order valence-corrected chi connectivity index (χ1v) is 10.2. The third-order valence-corrected chi connectivity index (χ3v) is 4.56. The van der Waals surface area contributed by atoms with Gasteiger partial charge in [-0.05, 0) is 82.1 Å². The van der Waals surface area contributed by atoms with Gasteiger partial charge in [0.05, 0.1) is 6.04 Å². The Labute approximate surface area is 184 Å². The van der Waals surface area contributed by atoms with E-state index < -0.39 is 12.0 Å². The van der Waals surface area contributed by atoms with E-state index >= 15 is 0 Å². The molecule has 1 fully saturated rings. The Hall–Kier alpha value is -3.10. The van der Waals surface area contributed by atoms with Crippen molar-refractivity contribution < 1.29 is 36.9 Å². The molecule has 9 heteroatoms. The standard InChI is InChI=1S/C23H26F3NO5/c1-22(2,3)32-21(28)27-14-4-5-16(27)15-29-17-6-8-18(9-7-17)30-19-10-12-20(13-11-19)31-23(24,25)26/h6-13,16H,4-5,14-15H2,1-3H3. The average Bonchev–Trinajstić information content (AvgIpc) is 3.15. The normalized spacial score (nSPS) is 16.6. The van der Waals surface area contributed by atoms with Gasteiger partial charge in [-0.15, -0.1) is 13.2 Å². The van der Waals surface area contributed by atoms with E-state index in [1.165, 1.54) is 24.3 Å². The minimum Gasteiger partial charge on any atom is -0.491 e. The van der Waals surface area contributed by atoms with Crippen LogP contribution in [0.5, 0.6) is 23.0 Å². The molecule has 1 heterocycles. The number of carbonyl (C=O) groups excluding carboxylic acids is 1. The first kappa shape index (κ1) is 23.6. The molecule has 1 atom stereocenters. The van der Waals surface area contributed by atoms with Gasteiger partial charge in [-0.1, -0.05) is 0 Å². The number of alkyl halides is 3. The molecule has 0 aromatic heterocycles. The van der Waals surface area contributed by atoms with Crippen molar-refractivity contribution >= 4 is 6.09 Å². The van der Waals surface area contributed by atoms with Crippen molar-refractivity contribution in [3.8, 4) is 23.0 Å². The van der Waals surface area contributed by atoms with E-state index in [9.17, 15) is 18.0 Å². The zero-order chi connectivity index (χ0) is 23.4. The first-order chi connectivity index (χ1) is 15.0. The molecule has 3 rings (SSSR count). The van der Waals surface area contributed by atoms with Gasteiger partial charge in [0.1, 0.15) is 35.2 Å². The molecule has 0 N–H and O–H groups in total. The minimum atomic E-state index is -4.74. The summed E-state index contributed by atoms with van der Waals surface area (Å²) in [5, 5.41) is 0. The van der Waals surface area contributed by atoms with E-state index in [2.05, 4.69) is 4.74 Å². The molecule has 174 valence electrons. The molecule has 2 aromatic carbocycles. The van der Waals surface area contributed by atoms with E-state index in [0.717, 1.165) is 12.8 Å². The van der Waals surface area contributed by atoms with Crippen molar-refractivity contribution in [2.45, 2.75) is 51.6 Å². The molecule has 32 heavy (non-hydrogen) atoms. The van der Waals surface area contributed by atoms with Crippen molar-refractivity contribution in [1.29, 1.82) is 0 Å². The van der Waals surface area contributed by atoms with Gasteiger partial charge < -0.3 is 23.8 Å². The van der Waals surface area contributed by atoms with Crippen LogP contribution in [-0.4, -0.2) is 42.2 Å². The molecule has 0 aliphatic carbocycles. The van der Waals surface area contributed by atoms with E-state index in [4.69, 9.17) is 14.2 Å². The second-order valence-electron chi connectivity index (χ2n) is 8.37. The van der Waals surface area contributed by atoms with Crippen molar-refractivity contribution in [2.24, 2.45) is 0 Å². The summed E-state index contributed by atoms with van der Waals surface area (Å²) < 4.78 is 57.4. The van der Waals surface area contributed by atoms with Crippen LogP contribution in [0.25, 0.3) is 0 Å². The zero-order valence-electron chi connectivity index (χ0n) is 18.1. The van der Waals surface area contributed by atoms with E-state index in [0.29, 0.717) is 30.4 Å². The van der Waals surface area contributed by atoms with Crippen LogP contribution in [0.2, 0.25) is 0 Å². The molecule has 6 nitrogen and oxygen atoms in total. The van der Waals surface area contributed by atoms with Crippen molar-refractivity contribution in [1.82, 2.24) is 4.90 Å². The fourth-order valence-corrected chi connectivity index (χ4v) is 3.21. The number of likely N-dealkylation sites (tertiary alicyclic amines) is 1. The van der Waals surface area contributed by atoms with Gasteiger partial charge in [-0.2, -0.15) is 0 Å².